The SMILES string of the molecule is O=c1cc(C[NH+]2CCCCCC2)c2cc3c(cc2o1)OCO3. The molecule has 3 heterocycles. The summed E-state index contributed by atoms with van der Waals surface area (Å²) in [6.45, 7) is 3.43. The van der Waals surface area contributed by atoms with Crippen LogP contribution in [0.3, 0.4) is 0 Å². The minimum atomic E-state index is -0.296. The van der Waals surface area contributed by atoms with Crippen LogP contribution in [0.4, 0.5) is 0 Å². The fourth-order valence-corrected chi connectivity index (χ4v) is 3.44. The maximum atomic E-state index is 11.9. The monoisotopic (exact) mass is 302 g/mol. The molecule has 2 aliphatic rings. The predicted molar refractivity (Wildman–Crippen MR) is 81.5 cm³/mol. The van der Waals surface area contributed by atoms with E-state index in [0.717, 1.165) is 23.2 Å². The minimum Gasteiger partial charge on any atom is -0.454 e. The highest BCUT2D eigenvalue weighted by Crippen LogP contribution is 2.36. The molecule has 0 atom stereocenters. The molecule has 0 saturated carbocycles. The predicted octanol–water partition coefficient (Wildman–Crippen LogP) is 1.48. The molecule has 1 fully saturated rings. The van der Waals surface area contributed by atoms with E-state index in [1.807, 2.05) is 6.07 Å². The largest absolute Gasteiger partial charge is 0.454 e. The van der Waals surface area contributed by atoms with Gasteiger partial charge in [0, 0.05) is 23.1 Å². The zero-order chi connectivity index (χ0) is 14.9. The fraction of sp³-hybridized carbons (Fsp3) is 0.471. The Balaban J connectivity index is 1.74. The molecule has 5 nitrogen and oxygen atoms in total. The summed E-state index contributed by atoms with van der Waals surface area (Å²) in [5.41, 5.74) is 1.33. The Morgan fingerprint density at radius 3 is 2.45 bits per heavy atom. The summed E-state index contributed by atoms with van der Waals surface area (Å²) in [4.78, 5) is 13.4. The lowest BCUT2D eigenvalue weighted by Gasteiger charge is -2.17. The highest BCUT2D eigenvalue weighted by atomic mass is 16.7. The highest BCUT2D eigenvalue weighted by Gasteiger charge is 2.20. The maximum absolute atomic E-state index is 11.9. The Bertz CT molecular complexity index is 744. The summed E-state index contributed by atoms with van der Waals surface area (Å²) in [5, 5.41) is 0.959. The second kappa shape index (κ2) is 5.65. The number of quaternary nitrogens is 1. The van der Waals surface area contributed by atoms with Crippen molar-refractivity contribution in [3.05, 3.63) is 34.2 Å². The van der Waals surface area contributed by atoms with Gasteiger partial charge in [-0.3, -0.25) is 0 Å². The van der Waals surface area contributed by atoms with E-state index in [1.165, 1.54) is 38.8 Å². The number of benzene rings is 1. The van der Waals surface area contributed by atoms with Crippen LogP contribution in [-0.2, 0) is 6.54 Å². The van der Waals surface area contributed by atoms with Crippen molar-refractivity contribution in [3.63, 3.8) is 0 Å². The van der Waals surface area contributed by atoms with E-state index >= 15 is 0 Å². The molecule has 1 aromatic heterocycles. The van der Waals surface area contributed by atoms with Crippen LogP contribution in [0, 0.1) is 0 Å². The average Bonchev–Trinajstić information content (AvgIpc) is 2.80. The first-order valence-corrected chi connectivity index (χ1v) is 7.99. The molecule has 1 aromatic carbocycles. The van der Waals surface area contributed by atoms with Crippen LogP contribution in [-0.4, -0.2) is 19.9 Å². The van der Waals surface area contributed by atoms with Gasteiger partial charge in [-0.05, 0) is 31.7 Å². The lowest BCUT2D eigenvalue weighted by atomic mass is 10.1. The highest BCUT2D eigenvalue weighted by molar-refractivity contribution is 5.84. The molecule has 2 aliphatic heterocycles. The minimum absolute atomic E-state index is 0.225. The molecule has 0 unspecified atom stereocenters. The molecule has 116 valence electrons. The van der Waals surface area contributed by atoms with Crippen LogP contribution < -0.4 is 20.0 Å². The van der Waals surface area contributed by atoms with Gasteiger partial charge in [0.2, 0.25) is 6.79 Å². The van der Waals surface area contributed by atoms with E-state index in [1.54, 1.807) is 17.0 Å². The van der Waals surface area contributed by atoms with Gasteiger partial charge in [-0.1, -0.05) is 0 Å². The quantitative estimate of drug-likeness (QED) is 0.854. The van der Waals surface area contributed by atoms with Crippen molar-refractivity contribution >= 4 is 11.0 Å². The second-order valence-electron chi connectivity index (χ2n) is 6.13. The summed E-state index contributed by atoms with van der Waals surface area (Å²) in [7, 11) is 0. The lowest BCUT2D eigenvalue weighted by molar-refractivity contribution is -0.913. The van der Waals surface area contributed by atoms with Crippen LogP contribution in [0.2, 0.25) is 0 Å². The van der Waals surface area contributed by atoms with Crippen LogP contribution in [0.15, 0.2) is 27.4 Å². The van der Waals surface area contributed by atoms with Crippen molar-refractivity contribution in [3.8, 4) is 11.5 Å². The molecule has 22 heavy (non-hydrogen) atoms. The van der Waals surface area contributed by atoms with Crippen molar-refractivity contribution in [2.75, 3.05) is 19.9 Å². The van der Waals surface area contributed by atoms with E-state index in [-0.39, 0.29) is 12.4 Å². The summed E-state index contributed by atoms with van der Waals surface area (Å²) in [6, 6.07) is 5.33. The van der Waals surface area contributed by atoms with Crippen LogP contribution in [0.5, 0.6) is 11.5 Å². The van der Waals surface area contributed by atoms with E-state index in [9.17, 15) is 4.79 Å². The van der Waals surface area contributed by atoms with Gasteiger partial charge in [0.15, 0.2) is 11.5 Å². The van der Waals surface area contributed by atoms with Crippen LogP contribution in [0.1, 0.15) is 31.2 Å². The van der Waals surface area contributed by atoms with Gasteiger partial charge >= 0.3 is 5.63 Å². The van der Waals surface area contributed by atoms with Crippen molar-refractivity contribution in [2.45, 2.75) is 32.2 Å². The maximum Gasteiger partial charge on any atom is 0.336 e. The van der Waals surface area contributed by atoms with Gasteiger partial charge < -0.3 is 18.8 Å². The average molecular weight is 302 g/mol. The molecule has 2 aromatic rings. The molecular weight excluding hydrogens is 282 g/mol. The lowest BCUT2D eigenvalue weighted by Crippen LogP contribution is -3.10. The molecule has 0 radical (unpaired) electrons. The van der Waals surface area contributed by atoms with Crippen molar-refractivity contribution in [1.82, 2.24) is 0 Å². The van der Waals surface area contributed by atoms with Crippen molar-refractivity contribution < 1.29 is 18.8 Å². The number of hydrogen-bond acceptors (Lipinski definition) is 4. The Kier molecular flexibility index (Phi) is 3.50. The second-order valence-corrected chi connectivity index (χ2v) is 6.13. The standard InChI is InChI=1S/C17H19NO4/c19-17-7-12(10-18-5-3-1-2-4-6-18)13-8-15-16(21-11-20-15)9-14(13)22-17/h7-9H,1-6,10-11H2/p+1. The molecule has 1 saturated heterocycles. The summed E-state index contributed by atoms with van der Waals surface area (Å²) >= 11 is 0. The first-order valence-electron chi connectivity index (χ1n) is 7.99. The Morgan fingerprint density at radius 1 is 0.955 bits per heavy atom. The molecule has 1 N–H and O–H groups in total. The third-order valence-corrected chi connectivity index (χ3v) is 4.57. The third-order valence-electron chi connectivity index (χ3n) is 4.57. The Labute approximate surface area is 128 Å². The molecular formula is C17H20NO4+. The van der Waals surface area contributed by atoms with Gasteiger partial charge in [-0.15, -0.1) is 0 Å². The van der Waals surface area contributed by atoms with E-state index in [4.69, 9.17) is 13.9 Å². The van der Waals surface area contributed by atoms with Gasteiger partial charge in [-0.2, -0.15) is 0 Å². The fourth-order valence-electron chi connectivity index (χ4n) is 3.44. The molecule has 4 rings (SSSR count). The molecule has 0 spiro atoms. The molecule has 0 bridgehead atoms. The van der Waals surface area contributed by atoms with Crippen molar-refractivity contribution in [1.29, 1.82) is 0 Å². The van der Waals surface area contributed by atoms with Gasteiger partial charge in [-0.25, -0.2) is 4.79 Å². The summed E-state index contributed by atoms with van der Waals surface area (Å²) in [5.74, 6) is 1.38. The first-order chi connectivity index (χ1) is 10.8. The topological polar surface area (TPSA) is 53.1 Å². The van der Waals surface area contributed by atoms with Crippen molar-refractivity contribution in [2.24, 2.45) is 0 Å². The summed E-state index contributed by atoms with van der Waals surface area (Å²) < 4.78 is 16.2. The number of likely N-dealkylation sites (tertiary alicyclic amines) is 1. The Morgan fingerprint density at radius 2 is 1.68 bits per heavy atom. The number of fused-ring (bicyclic) bond motifs is 2. The molecule has 0 aliphatic carbocycles. The Hall–Kier alpha value is -2.01. The van der Waals surface area contributed by atoms with E-state index in [0.29, 0.717) is 11.3 Å². The zero-order valence-electron chi connectivity index (χ0n) is 12.5. The first kappa shape index (κ1) is 13.6. The molecule has 5 heteroatoms. The number of hydrogen-bond donors (Lipinski definition) is 1. The number of rotatable bonds is 2. The smallest absolute Gasteiger partial charge is 0.336 e. The van der Waals surface area contributed by atoms with E-state index in [2.05, 4.69) is 0 Å². The normalized spacial score (nSPS) is 18.5. The van der Waals surface area contributed by atoms with E-state index < -0.39 is 0 Å². The summed E-state index contributed by atoms with van der Waals surface area (Å²) in [6.07, 6.45) is 5.17. The zero-order valence-corrected chi connectivity index (χ0v) is 12.5. The van der Waals surface area contributed by atoms with Crippen LogP contribution in [0.25, 0.3) is 11.0 Å². The van der Waals surface area contributed by atoms with Gasteiger partial charge in [0.25, 0.3) is 0 Å². The third kappa shape index (κ3) is 2.57. The van der Waals surface area contributed by atoms with Gasteiger partial charge in [0.05, 0.1) is 13.1 Å². The molecule has 0 amide bonds. The van der Waals surface area contributed by atoms with Crippen LogP contribution >= 0.6 is 0 Å². The van der Waals surface area contributed by atoms with Gasteiger partial charge in [0.1, 0.15) is 12.1 Å². The number of nitrogens with one attached hydrogen (secondary N) is 1. The number of ether oxygens (including phenoxy) is 2.